The fourth-order valence-electron chi connectivity index (χ4n) is 2.94. The Labute approximate surface area is 156 Å². The van der Waals surface area contributed by atoms with Gasteiger partial charge in [0.2, 0.25) is 0 Å². The molecule has 1 aliphatic rings. The highest BCUT2D eigenvalue weighted by Gasteiger charge is 2.29. The van der Waals surface area contributed by atoms with Crippen molar-refractivity contribution in [1.82, 2.24) is 5.32 Å². The molecule has 1 fully saturated rings. The summed E-state index contributed by atoms with van der Waals surface area (Å²) < 4.78 is 11.4. The van der Waals surface area contributed by atoms with E-state index in [1.165, 1.54) is 24.3 Å². The lowest BCUT2D eigenvalue weighted by Gasteiger charge is -2.32. The number of amides is 1. The summed E-state index contributed by atoms with van der Waals surface area (Å²) in [5.41, 5.74) is 1.34. The molecule has 7 nitrogen and oxygen atoms in total. The van der Waals surface area contributed by atoms with Gasteiger partial charge >= 0.3 is 5.97 Å². The van der Waals surface area contributed by atoms with Crippen LogP contribution in [-0.4, -0.2) is 47.4 Å². The molecule has 0 bridgehead atoms. The SMILES string of the molecule is Cc1ccc(O)cc1C(=O)N[C@@H]1CCOC[C@H]1Oc1ccc(C(=O)O)cc1. The summed E-state index contributed by atoms with van der Waals surface area (Å²) in [6.45, 7) is 2.61. The number of ether oxygens (including phenoxy) is 2. The molecule has 0 spiro atoms. The van der Waals surface area contributed by atoms with E-state index in [-0.39, 0.29) is 23.3 Å². The number of hydrogen-bond acceptors (Lipinski definition) is 5. The van der Waals surface area contributed by atoms with Crippen molar-refractivity contribution in [2.45, 2.75) is 25.5 Å². The number of carbonyl (C=O) groups excluding carboxylic acids is 1. The van der Waals surface area contributed by atoms with Crippen LogP contribution in [0.4, 0.5) is 0 Å². The minimum absolute atomic E-state index is 0.0315. The highest BCUT2D eigenvalue weighted by molar-refractivity contribution is 5.96. The molecule has 0 radical (unpaired) electrons. The molecule has 2 aromatic rings. The predicted octanol–water partition coefficient (Wildman–Crippen LogP) is 2.37. The number of carboxylic acid groups (broad SMARTS) is 1. The maximum atomic E-state index is 12.6. The van der Waals surface area contributed by atoms with Gasteiger partial charge in [0.05, 0.1) is 18.2 Å². The van der Waals surface area contributed by atoms with E-state index < -0.39 is 12.1 Å². The molecule has 0 saturated carbocycles. The van der Waals surface area contributed by atoms with Crippen molar-refractivity contribution in [2.24, 2.45) is 0 Å². The summed E-state index contributed by atoms with van der Waals surface area (Å²) in [7, 11) is 0. The van der Waals surface area contributed by atoms with Crippen molar-refractivity contribution in [3.8, 4) is 11.5 Å². The zero-order chi connectivity index (χ0) is 19.4. The lowest BCUT2D eigenvalue weighted by molar-refractivity contribution is -0.0135. The number of aryl methyl sites for hydroxylation is 1. The Balaban J connectivity index is 1.70. The van der Waals surface area contributed by atoms with Crippen LogP contribution in [0, 0.1) is 6.92 Å². The average Bonchev–Trinajstić information content (AvgIpc) is 2.65. The van der Waals surface area contributed by atoms with E-state index in [4.69, 9.17) is 14.6 Å². The topological polar surface area (TPSA) is 105 Å². The number of rotatable bonds is 5. The van der Waals surface area contributed by atoms with Crippen LogP contribution in [0.1, 0.15) is 32.7 Å². The zero-order valence-corrected chi connectivity index (χ0v) is 14.8. The number of nitrogens with one attached hydrogen (secondary N) is 1. The van der Waals surface area contributed by atoms with Gasteiger partial charge in [-0.1, -0.05) is 6.07 Å². The van der Waals surface area contributed by atoms with E-state index in [0.29, 0.717) is 30.9 Å². The molecule has 27 heavy (non-hydrogen) atoms. The second-order valence-electron chi connectivity index (χ2n) is 6.43. The number of phenolic OH excluding ortho intramolecular Hbond substituents is 1. The predicted molar refractivity (Wildman–Crippen MR) is 97.4 cm³/mol. The Morgan fingerprint density at radius 3 is 2.63 bits per heavy atom. The lowest BCUT2D eigenvalue weighted by Crippen LogP contribution is -2.51. The molecule has 3 N–H and O–H groups in total. The highest BCUT2D eigenvalue weighted by atomic mass is 16.5. The first kappa shape index (κ1) is 18.7. The van der Waals surface area contributed by atoms with E-state index in [1.54, 1.807) is 25.1 Å². The first-order chi connectivity index (χ1) is 12.9. The van der Waals surface area contributed by atoms with E-state index in [9.17, 15) is 14.7 Å². The summed E-state index contributed by atoms with van der Waals surface area (Å²) in [4.78, 5) is 23.6. The Bertz CT molecular complexity index is 833. The van der Waals surface area contributed by atoms with Crippen molar-refractivity contribution in [2.75, 3.05) is 13.2 Å². The molecule has 0 unspecified atom stereocenters. The molecule has 0 aromatic heterocycles. The Hall–Kier alpha value is -3.06. The zero-order valence-electron chi connectivity index (χ0n) is 14.8. The standard InChI is InChI=1S/C20H21NO6/c1-12-2-5-14(22)10-16(12)19(23)21-17-8-9-26-11-18(17)27-15-6-3-13(4-7-15)20(24)25/h2-7,10,17-18,22H,8-9,11H2,1H3,(H,21,23)(H,24,25)/t17-,18-/m1/s1. The van der Waals surface area contributed by atoms with E-state index >= 15 is 0 Å². The summed E-state index contributed by atoms with van der Waals surface area (Å²) in [6.07, 6.45) is 0.178. The van der Waals surface area contributed by atoms with Gasteiger partial charge in [0.15, 0.2) is 0 Å². The van der Waals surface area contributed by atoms with Gasteiger partial charge in [-0.2, -0.15) is 0 Å². The van der Waals surface area contributed by atoms with E-state index in [0.717, 1.165) is 5.56 Å². The fraction of sp³-hybridized carbons (Fsp3) is 0.300. The highest BCUT2D eigenvalue weighted by Crippen LogP contribution is 2.20. The molecule has 0 aliphatic carbocycles. The monoisotopic (exact) mass is 371 g/mol. The number of benzene rings is 2. The number of carbonyl (C=O) groups is 2. The number of carboxylic acids is 1. The quantitative estimate of drug-likeness (QED) is 0.745. The molecule has 3 rings (SSSR count). The number of aromatic hydroxyl groups is 1. The molecule has 142 valence electrons. The van der Waals surface area contributed by atoms with Crippen LogP contribution in [0.3, 0.4) is 0 Å². The van der Waals surface area contributed by atoms with Gasteiger partial charge in [-0.25, -0.2) is 4.79 Å². The normalized spacial score (nSPS) is 19.3. The fourth-order valence-corrected chi connectivity index (χ4v) is 2.94. The van der Waals surface area contributed by atoms with Crippen LogP contribution in [0.25, 0.3) is 0 Å². The molecule has 2 aromatic carbocycles. The maximum absolute atomic E-state index is 12.6. The van der Waals surface area contributed by atoms with Gasteiger partial charge < -0.3 is 25.0 Å². The maximum Gasteiger partial charge on any atom is 0.335 e. The smallest absolute Gasteiger partial charge is 0.335 e. The summed E-state index contributed by atoms with van der Waals surface area (Å²) in [5.74, 6) is -0.758. The van der Waals surface area contributed by atoms with Crippen molar-refractivity contribution in [3.05, 3.63) is 59.2 Å². The van der Waals surface area contributed by atoms with Gasteiger partial charge in [0.1, 0.15) is 17.6 Å². The molecular weight excluding hydrogens is 350 g/mol. The second-order valence-corrected chi connectivity index (χ2v) is 6.43. The Morgan fingerprint density at radius 1 is 1.19 bits per heavy atom. The van der Waals surface area contributed by atoms with Gasteiger partial charge in [-0.05, 0) is 55.3 Å². The lowest BCUT2D eigenvalue weighted by atomic mass is 10.0. The van der Waals surface area contributed by atoms with Crippen LogP contribution in [0.5, 0.6) is 11.5 Å². The first-order valence-electron chi connectivity index (χ1n) is 8.62. The molecule has 1 heterocycles. The summed E-state index contributed by atoms with van der Waals surface area (Å²) in [5, 5.41) is 21.6. The second kappa shape index (κ2) is 8.09. The number of hydrogen-bond donors (Lipinski definition) is 3. The van der Waals surface area contributed by atoms with Gasteiger partial charge in [0.25, 0.3) is 5.91 Å². The van der Waals surface area contributed by atoms with Crippen LogP contribution in [0.15, 0.2) is 42.5 Å². The first-order valence-corrected chi connectivity index (χ1v) is 8.62. The number of phenols is 1. The molecule has 7 heteroatoms. The minimum Gasteiger partial charge on any atom is -0.508 e. The van der Waals surface area contributed by atoms with Gasteiger partial charge in [-0.15, -0.1) is 0 Å². The Morgan fingerprint density at radius 2 is 1.93 bits per heavy atom. The van der Waals surface area contributed by atoms with Crippen molar-refractivity contribution < 1.29 is 29.3 Å². The van der Waals surface area contributed by atoms with Gasteiger partial charge in [0, 0.05) is 12.2 Å². The largest absolute Gasteiger partial charge is 0.508 e. The van der Waals surface area contributed by atoms with E-state index in [2.05, 4.69) is 5.32 Å². The van der Waals surface area contributed by atoms with Gasteiger partial charge in [-0.3, -0.25) is 4.79 Å². The van der Waals surface area contributed by atoms with Crippen LogP contribution in [0.2, 0.25) is 0 Å². The number of aromatic carboxylic acids is 1. The molecule has 1 amide bonds. The molecule has 1 aliphatic heterocycles. The van der Waals surface area contributed by atoms with Crippen molar-refractivity contribution >= 4 is 11.9 Å². The summed E-state index contributed by atoms with van der Waals surface area (Å²) in [6, 6.07) is 10.5. The van der Waals surface area contributed by atoms with Crippen LogP contribution in [-0.2, 0) is 4.74 Å². The molecule has 1 saturated heterocycles. The average molecular weight is 371 g/mol. The van der Waals surface area contributed by atoms with E-state index in [1.807, 2.05) is 0 Å². The van der Waals surface area contributed by atoms with Crippen molar-refractivity contribution in [1.29, 1.82) is 0 Å². The third-order valence-electron chi connectivity index (χ3n) is 4.48. The minimum atomic E-state index is -1.01. The Kier molecular flexibility index (Phi) is 5.61. The molecule has 2 atom stereocenters. The molecular formula is C20H21NO6. The third kappa shape index (κ3) is 4.57. The van der Waals surface area contributed by atoms with Crippen molar-refractivity contribution in [3.63, 3.8) is 0 Å². The summed E-state index contributed by atoms with van der Waals surface area (Å²) >= 11 is 0. The van der Waals surface area contributed by atoms with Crippen LogP contribution < -0.4 is 10.1 Å². The third-order valence-corrected chi connectivity index (χ3v) is 4.48. The van der Waals surface area contributed by atoms with Crippen LogP contribution >= 0.6 is 0 Å².